The van der Waals surface area contributed by atoms with E-state index in [1.807, 2.05) is 26.0 Å². The van der Waals surface area contributed by atoms with E-state index in [1.165, 1.54) is 0 Å². The maximum atomic E-state index is 12.2. The minimum atomic E-state index is -0.409. The van der Waals surface area contributed by atoms with Gasteiger partial charge in [0.1, 0.15) is 6.04 Å². The van der Waals surface area contributed by atoms with Gasteiger partial charge in [0.05, 0.1) is 6.54 Å². The third kappa shape index (κ3) is 2.67. The molecule has 18 heavy (non-hydrogen) atoms. The van der Waals surface area contributed by atoms with Gasteiger partial charge in [-0.3, -0.25) is 14.6 Å². The number of nitrogens with zero attached hydrogens (tertiary/aromatic N) is 2. The van der Waals surface area contributed by atoms with Crippen molar-refractivity contribution in [2.24, 2.45) is 5.92 Å². The second-order valence-electron chi connectivity index (χ2n) is 4.84. The average Bonchev–Trinajstić information content (AvgIpc) is 2.34. The van der Waals surface area contributed by atoms with Crippen LogP contribution in [-0.2, 0) is 16.1 Å². The van der Waals surface area contributed by atoms with Gasteiger partial charge in [0.2, 0.25) is 11.8 Å². The summed E-state index contributed by atoms with van der Waals surface area (Å²) in [5, 5.41) is 2.74. The smallest absolute Gasteiger partial charge is 0.246 e. The van der Waals surface area contributed by atoms with Gasteiger partial charge in [-0.1, -0.05) is 13.8 Å². The predicted molar refractivity (Wildman–Crippen MR) is 66.4 cm³/mol. The standard InChI is InChI=1S/C13H17N3O2/c1-9(2)12-13(18)16(8-11(17)15-12)7-10-3-5-14-6-4-10/h3-6,9,12H,7-8H2,1-2H3,(H,15,17). The van der Waals surface area contributed by atoms with E-state index in [9.17, 15) is 9.59 Å². The molecule has 0 radical (unpaired) electrons. The van der Waals surface area contributed by atoms with Gasteiger partial charge < -0.3 is 10.2 Å². The summed E-state index contributed by atoms with van der Waals surface area (Å²) in [6.07, 6.45) is 3.37. The van der Waals surface area contributed by atoms with Gasteiger partial charge in [-0.05, 0) is 23.6 Å². The van der Waals surface area contributed by atoms with Crippen molar-refractivity contribution in [1.82, 2.24) is 15.2 Å². The zero-order valence-corrected chi connectivity index (χ0v) is 10.6. The Morgan fingerprint density at radius 3 is 2.67 bits per heavy atom. The lowest BCUT2D eigenvalue weighted by Crippen LogP contribution is -2.59. The van der Waals surface area contributed by atoms with E-state index in [0.29, 0.717) is 6.54 Å². The molecule has 2 amide bonds. The number of aromatic nitrogens is 1. The van der Waals surface area contributed by atoms with Crippen LogP contribution in [0.5, 0.6) is 0 Å². The Bertz CT molecular complexity index is 445. The Labute approximate surface area is 106 Å². The van der Waals surface area contributed by atoms with Gasteiger partial charge >= 0.3 is 0 Å². The molecule has 1 aromatic rings. The summed E-state index contributed by atoms with van der Waals surface area (Å²) in [6.45, 7) is 4.44. The minimum absolute atomic E-state index is 0.0126. The lowest BCUT2D eigenvalue weighted by atomic mass is 10.0. The van der Waals surface area contributed by atoms with Crippen molar-refractivity contribution in [3.05, 3.63) is 30.1 Å². The Morgan fingerprint density at radius 1 is 1.39 bits per heavy atom. The van der Waals surface area contributed by atoms with E-state index >= 15 is 0 Å². The van der Waals surface area contributed by atoms with Crippen molar-refractivity contribution in [2.75, 3.05) is 6.54 Å². The molecular weight excluding hydrogens is 230 g/mol. The first-order valence-corrected chi connectivity index (χ1v) is 6.05. The maximum absolute atomic E-state index is 12.2. The van der Waals surface area contributed by atoms with E-state index in [2.05, 4.69) is 10.3 Å². The Balaban J connectivity index is 2.12. The zero-order chi connectivity index (χ0) is 13.1. The number of hydrogen-bond donors (Lipinski definition) is 1. The van der Waals surface area contributed by atoms with Crippen LogP contribution in [0, 0.1) is 5.92 Å². The van der Waals surface area contributed by atoms with Gasteiger partial charge in [0, 0.05) is 18.9 Å². The number of nitrogens with one attached hydrogen (secondary N) is 1. The lowest BCUT2D eigenvalue weighted by molar-refractivity contribution is -0.146. The van der Waals surface area contributed by atoms with Crippen LogP contribution in [0.2, 0.25) is 0 Å². The molecule has 1 aliphatic rings. The number of carbonyl (C=O) groups excluding carboxylic acids is 2. The molecule has 96 valence electrons. The number of rotatable bonds is 3. The summed E-state index contributed by atoms with van der Waals surface area (Å²) in [5.74, 6) is -0.00883. The average molecular weight is 247 g/mol. The molecule has 2 heterocycles. The number of amides is 2. The van der Waals surface area contributed by atoms with Gasteiger partial charge in [0.15, 0.2) is 0 Å². The van der Waals surface area contributed by atoms with E-state index in [-0.39, 0.29) is 24.3 Å². The first-order chi connectivity index (χ1) is 8.58. The van der Waals surface area contributed by atoms with Crippen LogP contribution in [0.3, 0.4) is 0 Å². The third-order valence-corrected chi connectivity index (χ3v) is 3.02. The van der Waals surface area contributed by atoms with Crippen molar-refractivity contribution in [2.45, 2.75) is 26.4 Å². The summed E-state index contributed by atoms with van der Waals surface area (Å²) in [7, 11) is 0. The maximum Gasteiger partial charge on any atom is 0.246 e. The fraction of sp³-hybridized carbons (Fsp3) is 0.462. The minimum Gasteiger partial charge on any atom is -0.343 e. The van der Waals surface area contributed by atoms with Crippen LogP contribution >= 0.6 is 0 Å². The Hall–Kier alpha value is -1.91. The molecule has 1 aromatic heterocycles. The molecular formula is C13H17N3O2. The monoisotopic (exact) mass is 247 g/mol. The first-order valence-electron chi connectivity index (χ1n) is 6.05. The number of carbonyl (C=O) groups is 2. The van der Waals surface area contributed by atoms with Gasteiger partial charge in [0.25, 0.3) is 0 Å². The van der Waals surface area contributed by atoms with Gasteiger partial charge in [-0.25, -0.2) is 0 Å². The molecule has 5 heteroatoms. The van der Waals surface area contributed by atoms with Gasteiger partial charge in [-0.2, -0.15) is 0 Å². The van der Waals surface area contributed by atoms with E-state index in [1.54, 1.807) is 17.3 Å². The summed E-state index contributed by atoms with van der Waals surface area (Å²) in [4.78, 5) is 29.3. The third-order valence-electron chi connectivity index (χ3n) is 3.02. The molecule has 0 bridgehead atoms. The van der Waals surface area contributed by atoms with Crippen LogP contribution in [0.4, 0.5) is 0 Å². The van der Waals surface area contributed by atoms with Crippen molar-refractivity contribution in [3.8, 4) is 0 Å². The fourth-order valence-corrected chi connectivity index (χ4v) is 2.02. The van der Waals surface area contributed by atoms with Crippen LogP contribution < -0.4 is 5.32 Å². The normalized spacial score (nSPS) is 20.2. The number of piperazine rings is 1. The summed E-state index contributed by atoms with van der Waals surface area (Å²) in [5.41, 5.74) is 0.982. The lowest BCUT2D eigenvalue weighted by Gasteiger charge is -2.34. The highest BCUT2D eigenvalue weighted by Gasteiger charge is 2.34. The molecule has 1 fully saturated rings. The van der Waals surface area contributed by atoms with Crippen molar-refractivity contribution in [1.29, 1.82) is 0 Å². The van der Waals surface area contributed by atoms with Crippen LogP contribution in [0.1, 0.15) is 19.4 Å². The largest absolute Gasteiger partial charge is 0.343 e. The molecule has 5 nitrogen and oxygen atoms in total. The second kappa shape index (κ2) is 5.16. The molecule has 0 spiro atoms. The summed E-state index contributed by atoms with van der Waals surface area (Å²) >= 11 is 0. The highest BCUT2D eigenvalue weighted by atomic mass is 16.2. The fourth-order valence-electron chi connectivity index (χ4n) is 2.02. The summed E-state index contributed by atoms with van der Waals surface area (Å²) < 4.78 is 0. The quantitative estimate of drug-likeness (QED) is 0.849. The highest BCUT2D eigenvalue weighted by Crippen LogP contribution is 2.13. The first kappa shape index (κ1) is 12.5. The van der Waals surface area contributed by atoms with Crippen LogP contribution in [0.25, 0.3) is 0 Å². The van der Waals surface area contributed by atoms with E-state index in [4.69, 9.17) is 0 Å². The molecule has 1 atom stereocenters. The van der Waals surface area contributed by atoms with E-state index < -0.39 is 6.04 Å². The number of pyridine rings is 1. The second-order valence-corrected chi connectivity index (χ2v) is 4.84. The zero-order valence-electron chi connectivity index (χ0n) is 10.6. The SMILES string of the molecule is CC(C)C1NC(=O)CN(Cc2ccncc2)C1=O. The molecule has 1 unspecified atom stereocenters. The Kier molecular flexibility index (Phi) is 3.60. The van der Waals surface area contributed by atoms with Crippen LogP contribution in [0.15, 0.2) is 24.5 Å². The number of hydrogen-bond acceptors (Lipinski definition) is 3. The summed E-state index contributed by atoms with van der Waals surface area (Å²) in [6, 6.07) is 3.29. The molecule has 1 aliphatic heterocycles. The highest BCUT2D eigenvalue weighted by molar-refractivity contribution is 5.94. The van der Waals surface area contributed by atoms with Crippen LogP contribution in [-0.4, -0.2) is 34.3 Å². The molecule has 0 aliphatic carbocycles. The van der Waals surface area contributed by atoms with E-state index in [0.717, 1.165) is 5.56 Å². The Morgan fingerprint density at radius 2 is 2.06 bits per heavy atom. The molecule has 0 aromatic carbocycles. The molecule has 1 N–H and O–H groups in total. The predicted octanol–water partition coefficient (Wildman–Crippen LogP) is 0.565. The molecule has 2 rings (SSSR count). The van der Waals surface area contributed by atoms with Crippen molar-refractivity contribution >= 4 is 11.8 Å². The van der Waals surface area contributed by atoms with Crippen molar-refractivity contribution in [3.63, 3.8) is 0 Å². The molecule has 1 saturated heterocycles. The van der Waals surface area contributed by atoms with Gasteiger partial charge in [-0.15, -0.1) is 0 Å². The van der Waals surface area contributed by atoms with Crippen molar-refractivity contribution < 1.29 is 9.59 Å². The topological polar surface area (TPSA) is 62.3 Å². The molecule has 0 saturated carbocycles.